The van der Waals surface area contributed by atoms with Crippen LogP contribution in [-0.4, -0.2) is 4.57 Å². The van der Waals surface area contributed by atoms with Gasteiger partial charge in [0.1, 0.15) is 30.5 Å². The Morgan fingerprint density at radius 3 is 1.37 bits per heavy atom. The van der Waals surface area contributed by atoms with E-state index in [-0.39, 0.29) is 0 Å². The first-order chi connectivity index (χ1) is 29.1. The second kappa shape index (κ2) is 17.1. The molecule has 0 aliphatic rings. The average molecular weight is 768 g/mol. The number of aromatic nitrogens is 1. The predicted octanol–water partition coefficient (Wildman–Crippen LogP) is 13.2. The van der Waals surface area contributed by atoms with E-state index in [1.165, 1.54) is 5.56 Å². The van der Waals surface area contributed by atoms with Crippen molar-refractivity contribution in [1.82, 2.24) is 4.57 Å². The molecule has 0 saturated heterocycles. The number of benzene rings is 8. The lowest BCUT2D eigenvalue weighted by atomic mass is 9.80. The molecule has 0 atom stereocenters. The van der Waals surface area contributed by atoms with Crippen LogP contribution in [0.5, 0.6) is 17.2 Å². The van der Waals surface area contributed by atoms with Crippen LogP contribution in [-0.2, 0) is 25.4 Å². The van der Waals surface area contributed by atoms with Gasteiger partial charge in [0.2, 0.25) is 0 Å². The SMILES string of the molecule is Cc1c(-c2ccc(OCc3ccccc3)cc2)n(Cc2ccc(OC(c3ccccc3)(c3ccccc3)c3ccccc3)cc2)c2ccc(OCc3ccccc3)cc12. The summed E-state index contributed by atoms with van der Waals surface area (Å²) in [5.41, 5.74) is 10.4. The second-order valence-corrected chi connectivity index (χ2v) is 14.8. The van der Waals surface area contributed by atoms with Crippen molar-refractivity contribution in [3.63, 3.8) is 0 Å². The number of rotatable bonds is 14. The molecule has 1 heterocycles. The zero-order chi connectivity index (χ0) is 39.9. The van der Waals surface area contributed by atoms with Gasteiger partial charge in [0, 0.05) is 34.1 Å². The van der Waals surface area contributed by atoms with Crippen molar-refractivity contribution in [3.8, 4) is 28.5 Å². The molecule has 9 aromatic rings. The maximum absolute atomic E-state index is 7.23. The molecule has 0 fully saturated rings. The Hall–Kier alpha value is -7.30. The predicted molar refractivity (Wildman–Crippen MR) is 239 cm³/mol. The topological polar surface area (TPSA) is 32.6 Å². The minimum absolute atomic E-state index is 0.512. The van der Waals surface area contributed by atoms with Crippen LogP contribution in [0, 0.1) is 6.92 Å². The lowest BCUT2D eigenvalue weighted by Gasteiger charge is -2.36. The summed E-state index contributed by atoms with van der Waals surface area (Å²) >= 11 is 0. The Kier molecular flexibility index (Phi) is 10.8. The van der Waals surface area contributed by atoms with Crippen molar-refractivity contribution >= 4 is 10.9 Å². The van der Waals surface area contributed by atoms with Crippen molar-refractivity contribution in [2.45, 2.75) is 32.3 Å². The van der Waals surface area contributed by atoms with Crippen molar-refractivity contribution in [1.29, 1.82) is 0 Å². The van der Waals surface area contributed by atoms with Crippen molar-refractivity contribution in [2.75, 3.05) is 0 Å². The largest absolute Gasteiger partial charge is 0.489 e. The number of hydrogen-bond donors (Lipinski definition) is 0. The fourth-order valence-electron chi connectivity index (χ4n) is 8.04. The molecule has 0 saturated carbocycles. The van der Waals surface area contributed by atoms with E-state index in [2.05, 4.69) is 175 Å². The summed E-state index contributed by atoms with van der Waals surface area (Å²) in [7, 11) is 0. The summed E-state index contributed by atoms with van der Waals surface area (Å²) in [6.07, 6.45) is 0. The Morgan fingerprint density at radius 2 is 0.864 bits per heavy atom. The standard InChI is InChI=1S/C55H45NO3/c1-41-52-37-51(58-40-44-19-9-3-10-20-44)35-36-53(52)56(54(41)45-29-33-49(34-30-45)57-39-43-17-7-2-8-18-43)38-42-27-31-50(32-28-42)59-55(46-21-11-4-12-22-46,47-23-13-5-14-24-47)48-25-15-6-16-26-48/h2-37H,38-40H2,1H3. The fraction of sp³-hybridized carbons (Fsp3) is 0.0909. The molecule has 8 aromatic carbocycles. The van der Waals surface area contributed by atoms with Crippen molar-refractivity contribution < 1.29 is 14.2 Å². The molecule has 1 aromatic heterocycles. The Bertz CT molecular complexity index is 2630. The third-order valence-electron chi connectivity index (χ3n) is 11.0. The molecular weight excluding hydrogens is 723 g/mol. The van der Waals surface area contributed by atoms with Crippen LogP contribution >= 0.6 is 0 Å². The minimum atomic E-state index is -0.858. The number of fused-ring (bicyclic) bond motifs is 1. The number of nitrogens with zero attached hydrogens (tertiary/aromatic N) is 1. The molecule has 4 nitrogen and oxygen atoms in total. The van der Waals surface area contributed by atoms with E-state index >= 15 is 0 Å². The molecular formula is C55H45NO3. The summed E-state index contributed by atoms with van der Waals surface area (Å²) in [6, 6.07) is 75.5. The maximum Gasteiger partial charge on any atom is 0.184 e. The van der Waals surface area contributed by atoms with E-state index in [1.807, 2.05) is 54.6 Å². The Labute approximate surface area is 346 Å². The van der Waals surface area contributed by atoms with Crippen molar-refractivity contribution in [2.24, 2.45) is 0 Å². The van der Waals surface area contributed by atoms with Crippen LogP contribution in [0.25, 0.3) is 22.2 Å². The highest BCUT2D eigenvalue weighted by Crippen LogP contribution is 2.42. The van der Waals surface area contributed by atoms with Crippen molar-refractivity contribution in [3.05, 3.63) is 257 Å². The highest BCUT2D eigenvalue weighted by Gasteiger charge is 2.39. The first-order valence-electron chi connectivity index (χ1n) is 20.2. The maximum atomic E-state index is 7.23. The minimum Gasteiger partial charge on any atom is -0.489 e. The second-order valence-electron chi connectivity index (χ2n) is 14.8. The molecule has 0 N–H and O–H groups in total. The van der Waals surface area contributed by atoms with Crippen LogP contribution < -0.4 is 14.2 Å². The fourth-order valence-corrected chi connectivity index (χ4v) is 8.04. The van der Waals surface area contributed by atoms with Gasteiger partial charge in [-0.2, -0.15) is 0 Å². The lowest BCUT2D eigenvalue weighted by molar-refractivity contribution is 0.155. The van der Waals surface area contributed by atoms with Gasteiger partial charge >= 0.3 is 0 Å². The molecule has 0 aliphatic heterocycles. The molecule has 4 heteroatoms. The number of hydrogen-bond acceptors (Lipinski definition) is 3. The van der Waals surface area contributed by atoms with Crippen LogP contribution in [0.1, 0.15) is 38.9 Å². The lowest BCUT2D eigenvalue weighted by Crippen LogP contribution is -2.36. The highest BCUT2D eigenvalue weighted by molar-refractivity contribution is 5.92. The quantitative estimate of drug-likeness (QED) is 0.103. The molecule has 0 radical (unpaired) electrons. The summed E-state index contributed by atoms with van der Waals surface area (Å²) in [5.74, 6) is 2.46. The van der Waals surface area contributed by atoms with Gasteiger partial charge in [-0.15, -0.1) is 0 Å². The zero-order valence-electron chi connectivity index (χ0n) is 33.1. The van der Waals surface area contributed by atoms with Gasteiger partial charge in [-0.25, -0.2) is 0 Å². The monoisotopic (exact) mass is 767 g/mol. The van der Waals surface area contributed by atoms with Crippen LogP contribution in [0.3, 0.4) is 0 Å². The third-order valence-corrected chi connectivity index (χ3v) is 11.0. The van der Waals surface area contributed by atoms with Gasteiger partial charge in [0.25, 0.3) is 0 Å². The van der Waals surface area contributed by atoms with Gasteiger partial charge in [0.15, 0.2) is 5.60 Å². The van der Waals surface area contributed by atoms with Gasteiger partial charge < -0.3 is 18.8 Å². The Morgan fingerprint density at radius 1 is 0.424 bits per heavy atom. The molecule has 0 bridgehead atoms. The number of ether oxygens (including phenoxy) is 3. The smallest absolute Gasteiger partial charge is 0.184 e. The van der Waals surface area contributed by atoms with E-state index in [0.29, 0.717) is 19.8 Å². The highest BCUT2D eigenvalue weighted by atomic mass is 16.5. The van der Waals surface area contributed by atoms with E-state index in [9.17, 15) is 0 Å². The van der Waals surface area contributed by atoms with Crippen LogP contribution in [0.15, 0.2) is 218 Å². The summed E-state index contributed by atoms with van der Waals surface area (Å²) in [6.45, 7) is 3.91. The first-order valence-corrected chi connectivity index (χ1v) is 20.2. The summed E-state index contributed by atoms with van der Waals surface area (Å²) in [5, 5.41) is 1.16. The molecule has 59 heavy (non-hydrogen) atoms. The average Bonchev–Trinajstić information content (AvgIpc) is 3.58. The first kappa shape index (κ1) is 37.3. The van der Waals surface area contributed by atoms with Gasteiger partial charge in [-0.05, 0) is 89.3 Å². The van der Waals surface area contributed by atoms with Crippen LogP contribution in [0.4, 0.5) is 0 Å². The van der Waals surface area contributed by atoms with Gasteiger partial charge in [-0.3, -0.25) is 0 Å². The third kappa shape index (κ3) is 7.99. The Balaban J connectivity index is 1.06. The van der Waals surface area contributed by atoms with E-state index < -0.39 is 5.60 Å². The zero-order valence-corrected chi connectivity index (χ0v) is 33.1. The van der Waals surface area contributed by atoms with E-state index in [4.69, 9.17) is 14.2 Å². The van der Waals surface area contributed by atoms with Crippen LogP contribution in [0.2, 0.25) is 0 Å². The van der Waals surface area contributed by atoms with E-state index in [1.54, 1.807) is 0 Å². The molecule has 0 unspecified atom stereocenters. The molecule has 0 amide bonds. The van der Waals surface area contributed by atoms with Gasteiger partial charge in [0.05, 0.1) is 5.69 Å². The van der Waals surface area contributed by atoms with Gasteiger partial charge in [-0.1, -0.05) is 164 Å². The molecule has 9 rings (SSSR count). The normalized spacial score (nSPS) is 11.3. The molecule has 288 valence electrons. The molecule has 0 aliphatic carbocycles. The number of aryl methyl sites for hydroxylation is 1. The summed E-state index contributed by atoms with van der Waals surface area (Å²) < 4.78 is 22.1. The van der Waals surface area contributed by atoms with E-state index in [0.717, 1.165) is 72.8 Å². The summed E-state index contributed by atoms with van der Waals surface area (Å²) in [4.78, 5) is 0. The molecule has 0 spiro atoms.